The highest BCUT2D eigenvalue weighted by Gasteiger charge is 2.16. The van der Waals surface area contributed by atoms with Crippen LogP contribution >= 0.6 is 11.6 Å². The van der Waals surface area contributed by atoms with Crippen LogP contribution in [0.1, 0.15) is 41.0 Å². The van der Waals surface area contributed by atoms with Crippen molar-refractivity contribution in [2.45, 2.75) is 40.8 Å². The van der Waals surface area contributed by atoms with Crippen LogP contribution in [0, 0.1) is 13.8 Å². The van der Waals surface area contributed by atoms with E-state index in [0.717, 1.165) is 23.5 Å². The Kier molecular flexibility index (Phi) is 5.72. The van der Waals surface area contributed by atoms with Gasteiger partial charge in [0.05, 0.1) is 12.1 Å². The number of halogens is 1. The van der Waals surface area contributed by atoms with Crippen molar-refractivity contribution in [2.75, 3.05) is 11.9 Å². The fraction of sp³-hybridized carbons (Fsp3) is 0.412. The first-order chi connectivity index (χ1) is 11.4. The van der Waals surface area contributed by atoms with E-state index in [2.05, 4.69) is 15.7 Å². The summed E-state index contributed by atoms with van der Waals surface area (Å²) < 4.78 is 1.76. The van der Waals surface area contributed by atoms with Crippen molar-refractivity contribution in [2.24, 2.45) is 0 Å². The quantitative estimate of drug-likeness (QED) is 0.749. The molecule has 0 bridgehead atoms. The molecule has 0 aliphatic heterocycles. The van der Waals surface area contributed by atoms with Crippen molar-refractivity contribution < 1.29 is 4.79 Å². The van der Waals surface area contributed by atoms with Crippen LogP contribution in [-0.4, -0.2) is 22.2 Å². The average molecular weight is 351 g/mol. The molecule has 0 aliphatic rings. The number of nitrogens with zero attached hydrogens (tertiary/aromatic N) is 1. The number of aromatic nitrogens is 2. The molecule has 0 saturated carbocycles. The molecule has 7 heteroatoms. The molecular weight excluding hydrogens is 328 g/mol. The lowest BCUT2D eigenvalue weighted by atomic mass is 10.1. The third kappa shape index (κ3) is 3.64. The lowest BCUT2D eigenvalue weighted by Gasteiger charge is -2.13. The van der Waals surface area contributed by atoms with Gasteiger partial charge in [0, 0.05) is 35.1 Å². The lowest BCUT2D eigenvalue weighted by molar-refractivity contribution is 0.0950. The SMILES string of the molecule is CCNc1cc(Cl)cc(C(=O)NCc2c(C)n(CC)[nH]c2=O)c1C. The Bertz CT molecular complexity index is 808. The maximum absolute atomic E-state index is 12.5. The molecule has 1 aromatic heterocycles. The summed E-state index contributed by atoms with van der Waals surface area (Å²) in [7, 11) is 0. The Labute approximate surface area is 146 Å². The minimum Gasteiger partial charge on any atom is -0.385 e. The highest BCUT2D eigenvalue weighted by Crippen LogP contribution is 2.24. The van der Waals surface area contributed by atoms with Crippen LogP contribution in [0.25, 0.3) is 0 Å². The fourth-order valence-corrected chi connectivity index (χ4v) is 2.90. The summed E-state index contributed by atoms with van der Waals surface area (Å²) in [5, 5.41) is 9.25. The molecule has 0 fully saturated rings. The summed E-state index contributed by atoms with van der Waals surface area (Å²) in [5.74, 6) is -0.253. The van der Waals surface area contributed by atoms with E-state index in [4.69, 9.17) is 11.6 Å². The van der Waals surface area contributed by atoms with Gasteiger partial charge in [-0.3, -0.25) is 19.4 Å². The number of nitrogens with one attached hydrogen (secondary N) is 3. The molecule has 24 heavy (non-hydrogen) atoms. The molecule has 0 spiro atoms. The molecule has 3 N–H and O–H groups in total. The smallest absolute Gasteiger partial charge is 0.269 e. The van der Waals surface area contributed by atoms with E-state index >= 15 is 0 Å². The summed E-state index contributed by atoms with van der Waals surface area (Å²) in [6, 6.07) is 3.44. The van der Waals surface area contributed by atoms with Crippen molar-refractivity contribution in [3.8, 4) is 0 Å². The summed E-state index contributed by atoms with van der Waals surface area (Å²) in [6.45, 7) is 9.24. The second-order valence-electron chi connectivity index (χ2n) is 5.59. The van der Waals surface area contributed by atoms with E-state index in [1.165, 1.54) is 0 Å². The van der Waals surface area contributed by atoms with Gasteiger partial charge < -0.3 is 10.6 Å². The molecule has 1 heterocycles. The summed E-state index contributed by atoms with van der Waals surface area (Å²) in [4.78, 5) is 24.5. The van der Waals surface area contributed by atoms with Crippen LogP contribution in [0.2, 0.25) is 5.02 Å². The highest BCUT2D eigenvalue weighted by molar-refractivity contribution is 6.31. The normalized spacial score (nSPS) is 10.7. The molecule has 130 valence electrons. The molecule has 0 unspecified atom stereocenters. The number of hydrogen-bond donors (Lipinski definition) is 3. The second kappa shape index (κ2) is 7.57. The molecular formula is C17H23ClN4O2. The first kappa shape index (κ1) is 18.1. The Morgan fingerprint density at radius 1 is 1.29 bits per heavy atom. The lowest BCUT2D eigenvalue weighted by Crippen LogP contribution is -2.26. The summed E-state index contributed by atoms with van der Waals surface area (Å²) in [6.07, 6.45) is 0. The zero-order valence-electron chi connectivity index (χ0n) is 14.4. The monoisotopic (exact) mass is 350 g/mol. The van der Waals surface area contributed by atoms with Gasteiger partial charge in [0.15, 0.2) is 0 Å². The van der Waals surface area contributed by atoms with Gasteiger partial charge in [-0.15, -0.1) is 0 Å². The summed E-state index contributed by atoms with van der Waals surface area (Å²) in [5.41, 5.74) is 3.39. The minimum absolute atomic E-state index is 0.175. The first-order valence-electron chi connectivity index (χ1n) is 7.99. The number of aryl methyl sites for hydroxylation is 1. The van der Waals surface area contributed by atoms with E-state index in [9.17, 15) is 9.59 Å². The Morgan fingerprint density at radius 2 is 2.00 bits per heavy atom. The van der Waals surface area contributed by atoms with E-state index in [1.807, 2.05) is 27.7 Å². The predicted octanol–water partition coefficient (Wildman–Crippen LogP) is 2.83. The molecule has 6 nitrogen and oxygen atoms in total. The number of hydrogen-bond acceptors (Lipinski definition) is 3. The van der Waals surface area contributed by atoms with E-state index < -0.39 is 0 Å². The van der Waals surface area contributed by atoms with E-state index in [0.29, 0.717) is 22.7 Å². The van der Waals surface area contributed by atoms with Crippen molar-refractivity contribution in [1.29, 1.82) is 0 Å². The van der Waals surface area contributed by atoms with Gasteiger partial charge in [0.2, 0.25) is 0 Å². The second-order valence-corrected chi connectivity index (χ2v) is 6.02. The van der Waals surface area contributed by atoms with E-state index in [-0.39, 0.29) is 18.0 Å². The number of anilines is 1. The molecule has 1 aromatic carbocycles. The first-order valence-corrected chi connectivity index (χ1v) is 8.37. The van der Waals surface area contributed by atoms with Crippen LogP contribution in [0.15, 0.2) is 16.9 Å². The van der Waals surface area contributed by atoms with Crippen molar-refractivity contribution in [3.63, 3.8) is 0 Å². The number of H-pyrrole nitrogens is 1. The highest BCUT2D eigenvalue weighted by atomic mass is 35.5. The zero-order valence-corrected chi connectivity index (χ0v) is 15.2. The molecule has 0 saturated heterocycles. The topological polar surface area (TPSA) is 78.9 Å². The molecule has 1 amide bonds. The third-order valence-corrected chi connectivity index (χ3v) is 4.30. The number of aromatic amines is 1. The number of carbonyl (C=O) groups is 1. The molecule has 0 aliphatic carbocycles. The van der Waals surface area contributed by atoms with Gasteiger partial charge in [0.1, 0.15) is 0 Å². The maximum atomic E-state index is 12.5. The number of benzene rings is 1. The van der Waals surface area contributed by atoms with E-state index in [1.54, 1.807) is 16.8 Å². The van der Waals surface area contributed by atoms with Gasteiger partial charge >= 0.3 is 0 Å². The van der Waals surface area contributed by atoms with Gasteiger partial charge in [0.25, 0.3) is 11.5 Å². The molecule has 0 radical (unpaired) electrons. The van der Waals surface area contributed by atoms with Gasteiger partial charge in [-0.2, -0.15) is 0 Å². The van der Waals surface area contributed by atoms with Crippen LogP contribution < -0.4 is 16.2 Å². The van der Waals surface area contributed by atoms with Gasteiger partial charge in [-0.1, -0.05) is 11.6 Å². The van der Waals surface area contributed by atoms with Gasteiger partial charge in [-0.25, -0.2) is 0 Å². The average Bonchev–Trinajstić information content (AvgIpc) is 2.82. The maximum Gasteiger partial charge on any atom is 0.269 e. The van der Waals surface area contributed by atoms with Crippen LogP contribution in [-0.2, 0) is 13.1 Å². The molecule has 0 atom stereocenters. The Balaban J connectivity index is 2.22. The predicted molar refractivity (Wildman–Crippen MR) is 97.0 cm³/mol. The number of amides is 1. The third-order valence-electron chi connectivity index (χ3n) is 4.08. The number of rotatable bonds is 6. The minimum atomic E-state index is -0.253. The Hall–Kier alpha value is -2.21. The Morgan fingerprint density at radius 3 is 2.58 bits per heavy atom. The zero-order chi connectivity index (χ0) is 17.9. The molecule has 2 rings (SSSR count). The van der Waals surface area contributed by atoms with Crippen molar-refractivity contribution >= 4 is 23.2 Å². The van der Waals surface area contributed by atoms with Crippen molar-refractivity contribution in [1.82, 2.24) is 15.1 Å². The standard InChI is InChI=1S/C17H23ClN4O2/c1-5-19-15-8-12(18)7-13(10(15)3)16(23)20-9-14-11(4)22(6-2)21-17(14)24/h7-8,19H,5-6,9H2,1-4H3,(H,20,23)(H,21,24). The fourth-order valence-electron chi connectivity index (χ4n) is 2.68. The summed E-state index contributed by atoms with van der Waals surface area (Å²) >= 11 is 6.11. The van der Waals surface area contributed by atoms with Gasteiger partial charge in [-0.05, 0) is 45.4 Å². The largest absolute Gasteiger partial charge is 0.385 e. The molecule has 2 aromatic rings. The van der Waals surface area contributed by atoms with Crippen LogP contribution in [0.3, 0.4) is 0 Å². The van der Waals surface area contributed by atoms with Crippen molar-refractivity contribution in [3.05, 3.63) is 49.9 Å². The van der Waals surface area contributed by atoms with Crippen LogP contribution in [0.4, 0.5) is 5.69 Å². The number of carbonyl (C=O) groups excluding carboxylic acids is 1. The van der Waals surface area contributed by atoms with Crippen LogP contribution in [0.5, 0.6) is 0 Å².